The third-order valence-electron chi connectivity index (χ3n) is 3.31. The first-order chi connectivity index (χ1) is 11.3. The molecule has 0 fully saturated rings. The molecule has 127 valence electrons. The summed E-state index contributed by atoms with van der Waals surface area (Å²) in [5, 5.41) is 0. The summed E-state index contributed by atoms with van der Waals surface area (Å²) in [7, 11) is 0. The zero-order valence-corrected chi connectivity index (χ0v) is 17.2. The van der Waals surface area contributed by atoms with Gasteiger partial charge in [0, 0.05) is 0 Å². The maximum absolute atomic E-state index is 5.19. The maximum atomic E-state index is 5.19. The van der Waals surface area contributed by atoms with Crippen LogP contribution in [0.3, 0.4) is 0 Å². The quantitative estimate of drug-likeness (QED) is 0.349. The number of allylic oxidation sites excluding steroid dienone is 6. The van der Waals surface area contributed by atoms with Gasteiger partial charge in [-0.25, -0.2) is 0 Å². The molecule has 1 aromatic carbocycles. The van der Waals surface area contributed by atoms with Gasteiger partial charge in [-0.2, -0.15) is 0 Å². The number of hydrogen-bond acceptors (Lipinski definition) is 1. The molecule has 0 saturated carbocycles. The van der Waals surface area contributed by atoms with Crippen LogP contribution in [-0.2, 0) is 18.7 Å². The first-order valence-corrected chi connectivity index (χ1v) is 9.86. The van der Waals surface area contributed by atoms with Gasteiger partial charge in [-0.15, -0.1) is 0 Å². The molecule has 2 heteroatoms. The molecule has 0 atom stereocenters. The summed E-state index contributed by atoms with van der Waals surface area (Å²) >= 11 is 0.0803. The fourth-order valence-corrected chi connectivity index (χ4v) is 3.81. The van der Waals surface area contributed by atoms with Gasteiger partial charge in [-0.3, -0.25) is 0 Å². The number of para-hydroxylation sites is 1. The van der Waals surface area contributed by atoms with Crippen LogP contribution in [0.1, 0.15) is 41.0 Å². The van der Waals surface area contributed by atoms with E-state index in [0.29, 0.717) is 5.41 Å². The Labute approximate surface area is 156 Å². The normalized spacial score (nSPS) is 13.4. The van der Waals surface area contributed by atoms with Gasteiger partial charge in [-0.1, -0.05) is 30.9 Å². The van der Waals surface area contributed by atoms with Crippen molar-refractivity contribution in [3.8, 4) is 5.75 Å². The Morgan fingerprint density at radius 3 is 2.33 bits per heavy atom. The average Bonchev–Trinajstić information content (AvgIpc) is 2.97. The molecule has 0 N–H and O–H groups in total. The second-order valence-corrected chi connectivity index (χ2v) is 9.86. The minimum absolute atomic E-state index is 0.0803. The average molecular weight is 357 g/mol. The molecule has 0 radical (unpaired) electrons. The summed E-state index contributed by atoms with van der Waals surface area (Å²) in [4.78, 5) is 0. The molecule has 1 nitrogen and oxygen atoms in total. The predicted octanol–water partition coefficient (Wildman–Crippen LogP) is 6.31. The number of hydrogen-bond donors (Lipinski definition) is 0. The van der Waals surface area contributed by atoms with Crippen molar-refractivity contribution in [1.29, 1.82) is 0 Å². The second kappa shape index (κ2) is 10.4. The van der Waals surface area contributed by atoms with Gasteiger partial charge in [0.25, 0.3) is 0 Å². The molecule has 0 saturated heterocycles. The van der Waals surface area contributed by atoms with Gasteiger partial charge >= 0.3 is 90.6 Å². The first-order valence-electron chi connectivity index (χ1n) is 8.30. The Morgan fingerprint density at radius 2 is 1.83 bits per heavy atom. The fourth-order valence-electron chi connectivity index (χ4n) is 2.13. The van der Waals surface area contributed by atoms with E-state index in [1.54, 1.807) is 26.1 Å². The number of rotatable bonds is 4. The van der Waals surface area contributed by atoms with Crippen LogP contribution in [0.15, 0.2) is 76.9 Å². The zero-order chi connectivity index (χ0) is 18.0. The Bertz CT molecular complexity index is 636. The predicted molar refractivity (Wildman–Crippen MR) is 103 cm³/mol. The first kappa shape index (κ1) is 20.6. The van der Waals surface area contributed by atoms with Crippen LogP contribution in [0.2, 0.25) is 0 Å². The van der Waals surface area contributed by atoms with Gasteiger partial charge in [-0.05, 0) is 18.2 Å². The van der Waals surface area contributed by atoms with Crippen molar-refractivity contribution in [3.63, 3.8) is 0 Å². The minimum atomic E-state index is 0.0803. The third-order valence-corrected chi connectivity index (χ3v) is 5.14. The molecule has 2 rings (SSSR count). The second-order valence-electron chi connectivity index (χ2n) is 6.90. The molecule has 0 bridgehead atoms. The molecule has 0 heterocycles. The fraction of sp³-hybridized carbons (Fsp3) is 0.318. The summed E-state index contributed by atoms with van der Waals surface area (Å²) < 4.78 is 8.53. The topological polar surface area (TPSA) is 9.23 Å². The Balaban J connectivity index is 0.000000243. The van der Waals surface area contributed by atoms with E-state index >= 15 is 0 Å². The molecule has 0 spiro atoms. The molecule has 0 aromatic heterocycles. The third kappa shape index (κ3) is 8.43. The van der Waals surface area contributed by atoms with E-state index in [2.05, 4.69) is 53.3 Å². The molecular formula is C22H29OTi. The van der Waals surface area contributed by atoms with Crippen molar-refractivity contribution >= 4 is 3.81 Å². The van der Waals surface area contributed by atoms with Crippen molar-refractivity contribution in [2.45, 2.75) is 41.0 Å². The molecule has 0 amide bonds. The van der Waals surface area contributed by atoms with E-state index in [1.807, 2.05) is 30.3 Å². The Hall–Kier alpha value is -1.44. The van der Waals surface area contributed by atoms with Crippen LogP contribution in [0.25, 0.3) is 0 Å². The van der Waals surface area contributed by atoms with Crippen LogP contribution in [-0.4, -0.2) is 3.81 Å². The molecule has 1 aliphatic rings. The summed E-state index contributed by atoms with van der Waals surface area (Å²) in [6.07, 6.45) is 11.1. The van der Waals surface area contributed by atoms with E-state index in [-0.39, 0.29) is 18.7 Å². The van der Waals surface area contributed by atoms with Crippen LogP contribution in [0, 0.1) is 5.41 Å². The summed E-state index contributed by atoms with van der Waals surface area (Å²) in [6, 6.07) is 9.60. The molecule has 0 aliphatic heterocycles. The summed E-state index contributed by atoms with van der Waals surface area (Å²) in [5.41, 5.74) is 1.88. The zero-order valence-electron chi connectivity index (χ0n) is 15.6. The van der Waals surface area contributed by atoms with Gasteiger partial charge in [0.15, 0.2) is 0 Å². The summed E-state index contributed by atoms with van der Waals surface area (Å²) in [5.74, 6) is 0.839. The van der Waals surface area contributed by atoms with Crippen LogP contribution in [0.5, 0.6) is 5.75 Å². The van der Waals surface area contributed by atoms with E-state index in [1.165, 1.54) is 12.0 Å². The van der Waals surface area contributed by atoms with E-state index in [4.69, 9.17) is 4.74 Å². The summed E-state index contributed by atoms with van der Waals surface area (Å²) in [6.45, 7) is 14.9. The Morgan fingerprint density at radius 1 is 1.17 bits per heavy atom. The van der Waals surface area contributed by atoms with E-state index < -0.39 is 0 Å². The van der Waals surface area contributed by atoms with Crippen molar-refractivity contribution in [1.82, 2.24) is 0 Å². The molecule has 1 aliphatic carbocycles. The van der Waals surface area contributed by atoms with E-state index in [9.17, 15) is 0 Å². The van der Waals surface area contributed by atoms with Crippen molar-refractivity contribution in [2.75, 3.05) is 0 Å². The van der Waals surface area contributed by atoms with Crippen molar-refractivity contribution < 1.29 is 23.4 Å². The van der Waals surface area contributed by atoms with Crippen molar-refractivity contribution in [3.05, 3.63) is 76.9 Å². The Kier molecular flexibility index (Phi) is 8.96. The standard InChI is InChI=1S/C10H10O.C9H13.C3H6.Ti/c1-2-3-9-11-10-7-5-4-6-8-10;1-9(2,3)8-6-4-5-7-8;1-3-2;/h2-9H,1H2;6-7H,4H2,1-3H3;1-2H3;. The monoisotopic (exact) mass is 357 g/mol. The molecular weight excluding hydrogens is 328 g/mol. The van der Waals surface area contributed by atoms with E-state index in [0.717, 1.165) is 5.75 Å². The van der Waals surface area contributed by atoms with Crippen molar-refractivity contribution in [2.24, 2.45) is 5.41 Å². The van der Waals surface area contributed by atoms with Crippen LogP contribution < -0.4 is 4.74 Å². The molecule has 1 aromatic rings. The van der Waals surface area contributed by atoms with Crippen LogP contribution in [0.4, 0.5) is 0 Å². The van der Waals surface area contributed by atoms with Gasteiger partial charge in [0.1, 0.15) is 5.75 Å². The van der Waals surface area contributed by atoms with Gasteiger partial charge < -0.3 is 4.74 Å². The number of ether oxygens (including phenoxy) is 1. The van der Waals surface area contributed by atoms with Gasteiger partial charge in [0.2, 0.25) is 0 Å². The SMILES string of the molecule is C=CC=COc1ccccc1.C[C](C)=[Ti][C]1=CC(C(C)(C)C)=CC1. The number of benzene rings is 1. The van der Waals surface area contributed by atoms with Gasteiger partial charge in [0.05, 0.1) is 6.26 Å². The molecule has 24 heavy (non-hydrogen) atoms. The molecule has 0 unspecified atom stereocenters. The van der Waals surface area contributed by atoms with Crippen LogP contribution >= 0.6 is 0 Å².